The Morgan fingerprint density at radius 2 is 2.07 bits per heavy atom. The molecule has 0 aliphatic carbocycles. The summed E-state index contributed by atoms with van der Waals surface area (Å²) in [6, 6.07) is 1.09. The van der Waals surface area contributed by atoms with Crippen LogP contribution in [0.1, 0.15) is 5.56 Å². The molecule has 0 bridgehead atoms. The van der Waals surface area contributed by atoms with Gasteiger partial charge >= 0.3 is 6.36 Å². The summed E-state index contributed by atoms with van der Waals surface area (Å²) in [4.78, 5) is 2.99. The molecule has 0 atom stereocenters. The Morgan fingerprint density at radius 3 is 2.53 bits per heavy atom. The first kappa shape index (κ1) is 12.2. The van der Waals surface area contributed by atoms with Crippen LogP contribution in [0.2, 0.25) is 0 Å². The number of ether oxygens (including phenoxy) is 1. The molecular weight excluding hydrogens is 284 g/mol. The van der Waals surface area contributed by atoms with Crippen LogP contribution in [0.4, 0.5) is 17.6 Å². The van der Waals surface area contributed by atoms with Gasteiger partial charge in [0.2, 0.25) is 11.8 Å². The van der Waals surface area contributed by atoms with Crippen molar-refractivity contribution in [2.75, 3.05) is 0 Å². The third kappa shape index (κ3) is 3.31. The third-order valence-electron chi connectivity index (χ3n) is 1.40. The van der Waals surface area contributed by atoms with Gasteiger partial charge in [-0.15, -0.1) is 13.2 Å². The Morgan fingerprint density at radius 1 is 1.47 bits per heavy atom. The largest absolute Gasteiger partial charge is 0.574 e. The average Bonchev–Trinajstić information content (AvgIpc) is 2.08. The van der Waals surface area contributed by atoms with Crippen molar-refractivity contribution < 1.29 is 22.3 Å². The number of rotatable bonds is 2. The molecule has 0 fully saturated rings. The second-order valence-electron chi connectivity index (χ2n) is 2.48. The van der Waals surface area contributed by atoms with E-state index in [1.54, 1.807) is 0 Å². The maximum absolute atomic E-state index is 12.8. The van der Waals surface area contributed by atoms with Crippen LogP contribution in [0.15, 0.2) is 10.5 Å². The zero-order valence-corrected chi connectivity index (χ0v) is 8.69. The zero-order valence-electron chi connectivity index (χ0n) is 7.11. The highest BCUT2D eigenvalue weighted by atomic mass is 79.9. The van der Waals surface area contributed by atoms with E-state index in [1.165, 1.54) is 0 Å². The molecule has 1 aromatic heterocycles. The van der Waals surface area contributed by atoms with Gasteiger partial charge in [-0.2, -0.15) is 9.37 Å². The lowest BCUT2D eigenvalue weighted by atomic mass is 10.3. The highest BCUT2D eigenvalue weighted by Gasteiger charge is 2.33. The monoisotopic (exact) mass is 288 g/mol. The normalized spacial score (nSPS) is 11.6. The lowest BCUT2D eigenvalue weighted by molar-refractivity contribution is -0.276. The average molecular weight is 289 g/mol. The predicted molar refractivity (Wildman–Crippen MR) is 46.5 cm³/mol. The van der Waals surface area contributed by atoms with Crippen molar-refractivity contribution in [1.29, 1.82) is 0 Å². The smallest absolute Gasteiger partial charge is 0.387 e. The first-order valence-electron chi connectivity index (χ1n) is 3.64. The number of pyridine rings is 1. The molecule has 0 aliphatic heterocycles. The van der Waals surface area contributed by atoms with Gasteiger partial charge in [-0.1, -0.05) is 0 Å². The molecule has 0 spiro atoms. The van der Waals surface area contributed by atoms with E-state index in [0.29, 0.717) is 0 Å². The second kappa shape index (κ2) is 4.31. The topological polar surface area (TPSA) is 48.1 Å². The van der Waals surface area contributed by atoms with Crippen molar-refractivity contribution in [2.24, 2.45) is 5.73 Å². The molecule has 0 unspecified atom stereocenters. The molecule has 0 saturated carbocycles. The Labute approximate surface area is 90.4 Å². The standard InChI is InChI=1S/C7H5BrF4N2O/c8-4-1-3(2-13)6(14-5(4)9)15-7(10,11)12/h1H,2,13H2. The van der Waals surface area contributed by atoms with E-state index in [0.717, 1.165) is 6.07 Å². The summed E-state index contributed by atoms with van der Waals surface area (Å²) in [5, 5.41) is 0. The SMILES string of the molecule is NCc1cc(Br)c(F)nc1OC(F)(F)F. The number of hydrogen-bond acceptors (Lipinski definition) is 3. The van der Waals surface area contributed by atoms with Crippen molar-refractivity contribution >= 4 is 15.9 Å². The Kier molecular flexibility index (Phi) is 3.50. The Hall–Kier alpha value is -0.890. The molecule has 2 N–H and O–H groups in total. The van der Waals surface area contributed by atoms with Crippen LogP contribution in [-0.4, -0.2) is 11.3 Å². The van der Waals surface area contributed by atoms with Crippen LogP contribution in [0, 0.1) is 5.95 Å². The summed E-state index contributed by atoms with van der Waals surface area (Å²) >= 11 is 2.77. The van der Waals surface area contributed by atoms with Crippen LogP contribution in [0.25, 0.3) is 0 Å². The zero-order chi connectivity index (χ0) is 11.6. The third-order valence-corrected chi connectivity index (χ3v) is 1.96. The van der Waals surface area contributed by atoms with E-state index in [4.69, 9.17) is 5.73 Å². The van der Waals surface area contributed by atoms with Crippen LogP contribution >= 0.6 is 15.9 Å². The van der Waals surface area contributed by atoms with Crippen molar-refractivity contribution in [1.82, 2.24) is 4.98 Å². The first-order chi connectivity index (χ1) is 6.83. The number of nitrogens with zero attached hydrogens (tertiary/aromatic N) is 1. The minimum Gasteiger partial charge on any atom is -0.387 e. The van der Waals surface area contributed by atoms with E-state index >= 15 is 0 Å². The first-order valence-corrected chi connectivity index (χ1v) is 4.43. The van der Waals surface area contributed by atoms with Crippen LogP contribution in [-0.2, 0) is 6.54 Å². The lowest BCUT2D eigenvalue weighted by Crippen LogP contribution is -2.20. The second-order valence-corrected chi connectivity index (χ2v) is 3.33. The van der Waals surface area contributed by atoms with E-state index in [-0.39, 0.29) is 16.6 Å². The minimum atomic E-state index is -4.92. The molecule has 0 radical (unpaired) electrons. The van der Waals surface area contributed by atoms with Crippen LogP contribution in [0.3, 0.4) is 0 Å². The molecule has 1 rings (SSSR count). The van der Waals surface area contributed by atoms with Crippen molar-refractivity contribution in [3.63, 3.8) is 0 Å². The number of alkyl halides is 3. The molecule has 1 heterocycles. The van der Waals surface area contributed by atoms with Gasteiger partial charge in [0.05, 0.1) is 4.47 Å². The maximum atomic E-state index is 12.8. The van der Waals surface area contributed by atoms with Gasteiger partial charge in [0.15, 0.2) is 0 Å². The molecule has 3 nitrogen and oxygen atoms in total. The summed E-state index contributed by atoms with van der Waals surface area (Å²) in [6.45, 7) is -0.239. The van der Waals surface area contributed by atoms with Gasteiger partial charge < -0.3 is 10.5 Å². The number of hydrogen-bond donors (Lipinski definition) is 1. The van der Waals surface area contributed by atoms with E-state index in [9.17, 15) is 17.6 Å². The fourth-order valence-electron chi connectivity index (χ4n) is 0.833. The summed E-state index contributed by atoms with van der Waals surface area (Å²) < 4.78 is 51.8. The molecule has 0 aromatic carbocycles. The van der Waals surface area contributed by atoms with E-state index < -0.39 is 18.2 Å². The highest BCUT2D eigenvalue weighted by molar-refractivity contribution is 9.10. The molecule has 0 amide bonds. The van der Waals surface area contributed by atoms with E-state index in [1.807, 2.05) is 0 Å². The summed E-state index contributed by atoms with van der Waals surface area (Å²) in [7, 11) is 0. The quantitative estimate of drug-likeness (QED) is 0.671. The Bertz CT molecular complexity index is 369. The fourth-order valence-corrected chi connectivity index (χ4v) is 1.20. The van der Waals surface area contributed by atoms with Gasteiger partial charge in [0.1, 0.15) is 0 Å². The van der Waals surface area contributed by atoms with Crippen molar-refractivity contribution in [2.45, 2.75) is 12.9 Å². The van der Waals surface area contributed by atoms with Gasteiger partial charge in [0.25, 0.3) is 0 Å². The maximum Gasteiger partial charge on any atom is 0.574 e. The van der Waals surface area contributed by atoms with E-state index in [2.05, 4.69) is 25.7 Å². The highest BCUT2D eigenvalue weighted by Crippen LogP contribution is 2.27. The van der Waals surface area contributed by atoms with Gasteiger partial charge in [-0.3, -0.25) is 0 Å². The molecule has 8 heteroatoms. The summed E-state index contributed by atoms with van der Waals surface area (Å²) in [6.07, 6.45) is -4.92. The number of halogens is 5. The summed E-state index contributed by atoms with van der Waals surface area (Å²) in [5.41, 5.74) is 5.12. The Balaban J connectivity index is 3.11. The molecule has 0 saturated heterocycles. The number of aromatic nitrogens is 1. The summed E-state index contributed by atoms with van der Waals surface area (Å²) in [5.74, 6) is -1.96. The molecular formula is C7H5BrF4N2O. The fraction of sp³-hybridized carbons (Fsp3) is 0.286. The van der Waals surface area contributed by atoms with Crippen LogP contribution < -0.4 is 10.5 Å². The van der Waals surface area contributed by atoms with Gasteiger partial charge in [-0.05, 0) is 22.0 Å². The van der Waals surface area contributed by atoms with Gasteiger partial charge in [0, 0.05) is 12.1 Å². The van der Waals surface area contributed by atoms with Crippen molar-refractivity contribution in [3.05, 3.63) is 22.1 Å². The molecule has 15 heavy (non-hydrogen) atoms. The van der Waals surface area contributed by atoms with Gasteiger partial charge in [-0.25, -0.2) is 0 Å². The number of nitrogens with two attached hydrogens (primary N) is 1. The molecule has 1 aromatic rings. The lowest BCUT2D eigenvalue weighted by Gasteiger charge is -2.11. The minimum absolute atomic E-state index is 0.0411. The van der Waals surface area contributed by atoms with Crippen molar-refractivity contribution in [3.8, 4) is 5.88 Å². The van der Waals surface area contributed by atoms with Crippen LogP contribution in [0.5, 0.6) is 5.88 Å². The predicted octanol–water partition coefficient (Wildman–Crippen LogP) is 2.34. The molecule has 84 valence electrons. The molecule has 0 aliphatic rings.